The minimum absolute atomic E-state index is 0.534. The van der Waals surface area contributed by atoms with Crippen LogP contribution >= 0.6 is 15.9 Å². The van der Waals surface area contributed by atoms with Crippen molar-refractivity contribution < 1.29 is 0 Å². The average molecular weight is 445 g/mol. The van der Waals surface area contributed by atoms with Crippen molar-refractivity contribution in [3.63, 3.8) is 0 Å². The Kier molecular flexibility index (Phi) is 3.40. The molecule has 6 rings (SSSR count). The summed E-state index contributed by atoms with van der Waals surface area (Å²) in [4.78, 5) is 3.72. The maximum Gasteiger partial charge on any atom is 0.187 e. The molecule has 1 unspecified atom stereocenters. The number of rotatable bonds is 0. The fourth-order valence-electron chi connectivity index (χ4n) is 5.28. The summed E-state index contributed by atoms with van der Waals surface area (Å²) in [5, 5.41) is 9.64. The zero-order chi connectivity index (χ0) is 20.5. The van der Waals surface area contributed by atoms with E-state index >= 15 is 0 Å². The van der Waals surface area contributed by atoms with Gasteiger partial charge >= 0.3 is 0 Å². The maximum atomic E-state index is 9.64. The van der Waals surface area contributed by atoms with Gasteiger partial charge in [0.2, 0.25) is 0 Å². The first-order valence-corrected chi connectivity index (χ1v) is 10.4. The topological polar surface area (TPSA) is 28.1 Å². The van der Waals surface area contributed by atoms with Gasteiger partial charge in [0.25, 0.3) is 0 Å². The van der Waals surface area contributed by atoms with Crippen LogP contribution in [0.5, 0.6) is 0 Å². The van der Waals surface area contributed by atoms with E-state index < -0.39 is 5.41 Å². The first-order chi connectivity index (χ1) is 14.7. The van der Waals surface area contributed by atoms with E-state index in [9.17, 15) is 5.26 Å². The van der Waals surface area contributed by atoms with Gasteiger partial charge < -0.3 is 0 Å². The molecule has 4 aromatic carbocycles. The highest BCUT2D eigenvalue weighted by molar-refractivity contribution is 9.10. The van der Waals surface area contributed by atoms with Crippen molar-refractivity contribution in [3.05, 3.63) is 123 Å². The molecule has 2 aliphatic rings. The van der Waals surface area contributed by atoms with E-state index in [0.29, 0.717) is 11.3 Å². The van der Waals surface area contributed by atoms with Gasteiger partial charge in [-0.05, 0) is 68.8 Å². The lowest BCUT2D eigenvalue weighted by atomic mass is 9.70. The lowest BCUT2D eigenvalue weighted by Gasteiger charge is -2.30. The number of benzene rings is 4. The highest BCUT2D eigenvalue weighted by Gasteiger charge is 2.51. The monoisotopic (exact) mass is 444 g/mol. The molecule has 0 bridgehead atoms. The van der Waals surface area contributed by atoms with Crippen molar-refractivity contribution in [2.45, 2.75) is 5.41 Å². The molecule has 3 heteroatoms. The van der Waals surface area contributed by atoms with E-state index in [0.717, 1.165) is 26.7 Å². The molecule has 1 spiro atoms. The molecule has 138 valence electrons. The Balaban J connectivity index is 1.87. The van der Waals surface area contributed by atoms with Gasteiger partial charge in [-0.15, -0.1) is 0 Å². The Hall–Kier alpha value is -3.66. The second-order valence-corrected chi connectivity index (χ2v) is 8.62. The quantitative estimate of drug-likeness (QED) is 0.227. The van der Waals surface area contributed by atoms with Gasteiger partial charge in [-0.25, -0.2) is 4.85 Å². The summed E-state index contributed by atoms with van der Waals surface area (Å²) in [5.74, 6) is 0. The molecular weight excluding hydrogens is 432 g/mol. The van der Waals surface area contributed by atoms with Crippen molar-refractivity contribution in [2.24, 2.45) is 0 Å². The van der Waals surface area contributed by atoms with Gasteiger partial charge in [0, 0.05) is 4.47 Å². The highest BCUT2D eigenvalue weighted by atomic mass is 79.9. The Morgan fingerprint density at radius 3 is 2.13 bits per heavy atom. The summed E-state index contributed by atoms with van der Waals surface area (Å²) in [7, 11) is 0. The Labute approximate surface area is 183 Å². The SMILES string of the molecule is [C-]#[N+]c1ccc2c(c1)C1(c3ccccc3-c3ccc(Br)cc31)c1cc(C#N)ccc1-2. The van der Waals surface area contributed by atoms with Crippen LogP contribution in [-0.2, 0) is 5.41 Å². The van der Waals surface area contributed by atoms with Gasteiger partial charge in [-0.1, -0.05) is 70.5 Å². The molecule has 0 radical (unpaired) electrons. The standard InChI is InChI=1S/C27H13BrN2/c1-30-18-8-11-22-20-9-6-16(15-29)12-24(20)27(26(22)14-18)23-5-3-2-4-19(23)21-10-7-17(28)13-25(21)27/h2-14H. The zero-order valence-electron chi connectivity index (χ0n) is 15.8. The number of halogens is 1. The fourth-order valence-corrected chi connectivity index (χ4v) is 5.64. The number of fused-ring (bicyclic) bond motifs is 10. The largest absolute Gasteiger partial charge is 0.238 e. The van der Waals surface area contributed by atoms with E-state index in [2.05, 4.69) is 81.4 Å². The first kappa shape index (κ1) is 17.2. The van der Waals surface area contributed by atoms with Crippen LogP contribution in [0.1, 0.15) is 27.8 Å². The third-order valence-corrected chi connectivity index (χ3v) is 6.88. The van der Waals surface area contributed by atoms with Gasteiger partial charge in [-0.3, -0.25) is 0 Å². The summed E-state index contributed by atoms with van der Waals surface area (Å²) in [6.07, 6.45) is 0. The normalized spacial score (nSPS) is 16.9. The third kappa shape index (κ3) is 1.96. The molecule has 4 aromatic rings. The van der Waals surface area contributed by atoms with E-state index in [4.69, 9.17) is 6.57 Å². The van der Waals surface area contributed by atoms with Gasteiger partial charge in [0.15, 0.2) is 5.69 Å². The van der Waals surface area contributed by atoms with E-state index in [1.165, 1.54) is 22.3 Å². The molecule has 0 aromatic heterocycles. The van der Waals surface area contributed by atoms with Gasteiger partial charge in [-0.2, -0.15) is 5.26 Å². The van der Waals surface area contributed by atoms with Crippen molar-refractivity contribution in [1.82, 2.24) is 0 Å². The molecule has 0 heterocycles. The molecule has 30 heavy (non-hydrogen) atoms. The Morgan fingerprint density at radius 1 is 0.733 bits per heavy atom. The highest BCUT2D eigenvalue weighted by Crippen LogP contribution is 2.63. The van der Waals surface area contributed by atoms with Crippen LogP contribution in [0.15, 0.2) is 83.3 Å². The third-order valence-electron chi connectivity index (χ3n) is 6.39. The minimum atomic E-state index is -0.534. The van der Waals surface area contributed by atoms with E-state index in [1.807, 2.05) is 24.3 Å². The van der Waals surface area contributed by atoms with Crippen LogP contribution in [0.2, 0.25) is 0 Å². The van der Waals surface area contributed by atoms with E-state index in [1.54, 1.807) is 0 Å². The van der Waals surface area contributed by atoms with E-state index in [-0.39, 0.29) is 0 Å². The second-order valence-electron chi connectivity index (χ2n) is 7.70. The molecule has 0 aliphatic heterocycles. The predicted molar refractivity (Wildman–Crippen MR) is 121 cm³/mol. The van der Waals surface area contributed by atoms with Crippen LogP contribution in [0, 0.1) is 17.9 Å². The zero-order valence-corrected chi connectivity index (χ0v) is 17.4. The number of hydrogen-bond donors (Lipinski definition) is 0. The summed E-state index contributed by atoms with van der Waals surface area (Å²) in [5.41, 5.74) is 10.0. The Bertz CT molecular complexity index is 1420. The Morgan fingerprint density at radius 2 is 1.37 bits per heavy atom. The predicted octanol–water partition coefficient (Wildman–Crippen LogP) is 7.22. The molecule has 0 N–H and O–H groups in total. The first-order valence-electron chi connectivity index (χ1n) is 9.65. The molecular formula is C27H13BrN2. The van der Waals surface area contributed by atoms with Crippen molar-refractivity contribution in [3.8, 4) is 28.3 Å². The number of hydrogen-bond acceptors (Lipinski definition) is 1. The summed E-state index contributed by atoms with van der Waals surface area (Å²) in [6.45, 7) is 7.59. The summed E-state index contributed by atoms with van der Waals surface area (Å²) < 4.78 is 1.02. The number of nitrogens with zero attached hydrogens (tertiary/aromatic N) is 2. The van der Waals surface area contributed by atoms with Crippen LogP contribution in [0.4, 0.5) is 5.69 Å². The summed E-state index contributed by atoms with van der Waals surface area (Å²) >= 11 is 3.68. The second kappa shape index (κ2) is 5.92. The summed E-state index contributed by atoms with van der Waals surface area (Å²) in [6, 6.07) is 29.2. The average Bonchev–Trinajstić information content (AvgIpc) is 3.24. The maximum absolute atomic E-state index is 9.64. The lowest BCUT2D eigenvalue weighted by Crippen LogP contribution is -2.26. The number of nitriles is 1. The molecule has 1 atom stereocenters. The van der Waals surface area contributed by atoms with Crippen molar-refractivity contribution in [2.75, 3.05) is 0 Å². The smallest absolute Gasteiger partial charge is 0.187 e. The van der Waals surface area contributed by atoms with Crippen LogP contribution in [0.3, 0.4) is 0 Å². The van der Waals surface area contributed by atoms with Crippen LogP contribution in [-0.4, -0.2) is 0 Å². The molecule has 0 saturated carbocycles. The van der Waals surface area contributed by atoms with Crippen molar-refractivity contribution in [1.29, 1.82) is 5.26 Å². The molecule has 2 aliphatic carbocycles. The molecule has 0 saturated heterocycles. The lowest BCUT2D eigenvalue weighted by molar-refractivity contribution is 0.793. The molecule has 2 nitrogen and oxygen atoms in total. The van der Waals surface area contributed by atoms with Crippen molar-refractivity contribution >= 4 is 21.6 Å². The minimum Gasteiger partial charge on any atom is -0.238 e. The fraction of sp³-hybridized carbons (Fsp3) is 0.0370. The van der Waals surface area contributed by atoms with Crippen LogP contribution in [0.25, 0.3) is 27.1 Å². The molecule has 0 fully saturated rings. The molecule has 0 amide bonds. The van der Waals surface area contributed by atoms with Crippen LogP contribution < -0.4 is 0 Å². The van der Waals surface area contributed by atoms with Gasteiger partial charge in [0.1, 0.15) is 0 Å². The van der Waals surface area contributed by atoms with Gasteiger partial charge in [0.05, 0.1) is 23.6 Å².